The van der Waals surface area contributed by atoms with E-state index in [-0.39, 0.29) is 5.60 Å². The van der Waals surface area contributed by atoms with Crippen LogP contribution in [0.4, 0.5) is 5.69 Å². The van der Waals surface area contributed by atoms with E-state index in [0.717, 1.165) is 42.3 Å². The number of hydrogen-bond acceptors (Lipinski definition) is 4. The lowest BCUT2D eigenvalue weighted by Gasteiger charge is -2.38. The minimum Gasteiger partial charge on any atom is -0.396 e. The average Bonchev–Trinajstić information content (AvgIpc) is 2.90. The Balaban J connectivity index is 1.85. The molecule has 2 fully saturated rings. The number of thioether (sulfide) groups is 1. The molecular weight excluding hydrogens is 246 g/mol. The predicted octanol–water partition coefficient (Wildman–Crippen LogP) is 2.31. The molecule has 3 rings (SSSR count). The van der Waals surface area contributed by atoms with E-state index in [1.54, 1.807) is 0 Å². The van der Waals surface area contributed by atoms with Crippen molar-refractivity contribution in [3.63, 3.8) is 0 Å². The summed E-state index contributed by atoms with van der Waals surface area (Å²) in [6.07, 6.45) is 3.32. The van der Waals surface area contributed by atoms with Crippen LogP contribution in [0.15, 0.2) is 0 Å². The van der Waals surface area contributed by atoms with Crippen LogP contribution in [0.5, 0.6) is 0 Å². The van der Waals surface area contributed by atoms with Gasteiger partial charge in [0.05, 0.1) is 28.7 Å². The van der Waals surface area contributed by atoms with E-state index in [9.17, 15) is 0 Å². The molecule has 2 atom stereocenters. The van der Waals surface area contributed by atoms with E-state index >= 15 is 0 Å². The Morgan fingerprint density at radius 1 is 1.50 bits per heavy atom. The zero-order valence-electron chi connectivity index (χ0n) is 11.1. The molecule has 0 aromatic carbocycles. The molecule has 2 aliphatic heterocycles. The van der Waals surface area contributed by atoms with E-state index in [1.165, 1.54) is 12.2 Å². The highest BCUT2D eigenvalue weighted by Gasteiger charge is 2.41. The summed E-state index contributed by atoms with van der Waals surface area (Å²) in [6, 6.07) is 0.452. The Bertz CT molecular complexity index is 451. The van der Waals surface area contributed by atoms with E-state index in [1.807, 2.05) is 18.7 Å². The fourth-order valence-electron chi connectivity index (χ4n) is 3.11. The summed E-state index contributed by atoms with van der Waals surface area (Å²) in [5.74, 6) is 2.37. The van der Waals surface area contributed by atoms with Gasteiger partial charge >= 0.3 is 0 Å². The summed E-state index contributed by atoms with van der Waals surface area (Å²) < 4.78 is 8.20. The van der Waals surface area contributed by atoms with Gasteiger partial charge in [0.2, 0.25) is 0 Å². The van der Waals surface area contributed by atoms with Crippen LogP contribution in [-0.2, 0) is 4.74 Å². The summed E-state index contributed by atoms with van der Waals surface area (Å²) in [5.41, 5.74) is 9.05. The Kier molecular flexibility index (Phi) is 3.06. The molecule has 0 radical (unpaired) electrons. The van der Waals surface area contributed by atoms with Crippen LogP contribution in [0.2, 0.25) is 0 Å². The van der Waals surface area contributed by atoms with Crippen molar-refractivity contribution in [2.24, 2.45) is 0 Å². The number of nitrogens with zero attached hydrogens (tertiary/aromatic N) is 2. The van der Waals surface area contributed by atoms with Gasteiger partial charge in [0.25, 0.3) is 0 Å². The van der Waals surface area contributed by atoms with Gasteiger partial charge in [-0.3, -0.25) is 4.68 Å². The van der Waals surface area contributed by atoms with Crippen LogP contribution in [0.3, 0.4) is 0 Å². The first-order chi connectivity index (χ1) is 8.61. The minimum atomic E-state index is 0.106. The number of nitrogen functional groups attached to an aromatic ring is 1. The summed E-state index contributed by atoms with van der Waals surface area (Å²) in [5, 5.41) is 4.62. The van der Waals surface area contributed by atoms with Crippen molar-refractivity contribution in [2.75, 3.05) is 23.8 Å². The number of rotatable bonds is 1. The fraction of sp³-hybridized carbons (Fsp3) is 0.769. The van der Waals surface area contributed by atoms with Crippen LogP contribution in [0, 0.1) is 13.8 Å². The maximum atomic E-state index is 6.06. The monoisotopic (exact) mass is 267 g/mol. The number of aryl methyl sites for hydroxylation is 1. The maximum absolute atomic E-state index is 6.06. The largest absolute Gasteiger partial charge is 0.396 e. The van der Waals surface area contributed by atoms with Crippen LogP contribution in [0.1, 0.15) is 36.7 Å². The van der Waals surface area contributed by atoms with Gasteiger partial charge in [-0.15, -0.1) is 0 Å². The molecule has 1 spiro atoms. The number of hydrogen-bond donors (Lipinski definition) is 1. The number of anilines is 1. The van der Waals surface area contributed by atoms with Crippen molar-refractivity contribution in [3.8, 4) is 0 Å². The Morgan fingerprint density at radius 3 is 2.94 bits per heavy atom. The molecule has 0 aliphatic carbocycles. The second-order valence-electron chi connectivity index (χ2n) is 5.51. The fourth-order valence-corrected chi connectivity index (χ4v) is 4.48. The second kappa shape index (κ2) is 4.46. The van der Waals surface area contributed by atoms with Crippen LogP contribution in [-0.4, -0.2) is 33.5 Å². The summed E-state index contributed by atoms with van der Waals surface area (Å²) in [7, 11) is 0. The van der Waals surface area contributed by atoms with Crippen molar-refractivity contribution < 1.29 is 4.74 Å². The summed E-state index contributed by atoms with van der Waals surface area (Å²) in [6.45, 7) is 4.91. The molecule has 2 saturated heterocycles. The summed E-state index contributed by atoms with van der Waals surface area (Å²) in [4.78, 5) is 0. The van der Waals surface area contributed by atoms with E-state index < -0.39 is 0 Å². The molecule has 4 nitrogen and oxygen atoms in total. The molecule has 1 aromatic rings. The molecule has 5 heteroatoms. The molecule has 1 aromatic heterocycles. The Labute approximate surface area is 112 Å². The van der Waals surface area contributed by atoms with Gasteiger partial charge < -0.3 is 10.5 Å². The van der Waals surface area contributed by atoms with Crippen LogP contribution >= 0.6 is 11.8 Å². The zero-order valence-corrected chi connectivity index (χ0v) is 11.9. The van der Waals surface area contributed by atoms with Crippen LogP contribution < -0.4 is 5.73 Å². The third-order valence-corrected chi connectivity index (χ3v) is 5.48. The Morgan fingerprint density at radius 2 is 2.33 bits per heavy atom. The third kappa shape index (κ3) is 1.93. The smallest absolute Gasteiger partial charge is 0.0826 e. The molecule has 0 amide bonds. The third-order valence-electron chi connectivity index (χ3n) is 4.26. The highest BCUT2D eigenvalue weighted by molar-refractivity contribution is 7.99. The van der Waals surface area contributed by atoms with Gasteiger partial charge in [-0.05, 0) is 38.9 Å². The van der Waals surface area contributed by atoms with Gasteiger partial charge in [0.1, 0.15) is 0 Å². The van der Waals surface area contributed by atoms with E-state index in [2.05, 4.69) is 16.7 Å². The lowest BCUT2D eigenvalue weighted by molar-refractivity contribution is -0.0781. The normalized spacial score (nSPS) is 32.2. The molecule has 2 unspecified atom stereocenters. The average molecular weight is 267 g/mol. The molecule has 3 heterocycles. The van der Waals surface area contributed by atoms with E-state index in [4.69, 9.17) is 10.5 Å². The van der Waals surface area contributed by atoms with Crippen molar-refractivity contribution in [2.45, 2.75) is 44.8 Å². The first-order valence-corrected chi connectivity index (χ1v) is 7.80. The lowest BCUT2D eigenvalue weighted by Crippen LogP contribution is -2.41. The zero-order chi connectivity index (χ0) is 12.8. The molecular formula is C13H21N3OS. The number of aromatic nitrogens is 2. The van der Waals surface area contributed by atoms with Crippen molar-refractivity contribution in [1.29, 1.82) is 0 Å². The first kappa shape index (κ1) is 12.4. The van der Waals surface area contributed by atoms with Gasteiger partial charge in [-0.2, -0.15) is 16.9 Å². The van der Waals surface area contributed by atoms with Gasteiger partial charge in [0, 0.05) is 12.4 Å². The molecule has 100 valence electrons. The van der Waals surface area contributed by atoms with Gasteiger partial charge in [-0.1, -0.05) is 0 Å². The number of ether oxygens (including phenoxy) is 1. The van der Waals surface area contributed by atoms with Gasteiger partial charge in [0.15, 0.2) is 0 Å². The SMILES string of the molecule is Cc1nn(C2CCOC3(CCSC3)C2)c(C)c1N. The first-order valence-electron chi connectivity index (χ1n) is 6.64. The molecule has 18 heavy (non-hydrogen) atoms. The van der Waals surface area contributed by atoms with Gasteiger partial charge in [-0.25, -0.2) is 0 Å². The van der Waals surface area contributed by atoms with Crippen molar-refractivity contribution in [1.82, 2.24) is 9.78 Å². The minimum absolute atomic E-state index is 0.106. The predicted molar refractivity (Wildman–Crippen MR) is 75.0 cm³/mol. The topological polar surface area (TPSA) is 53.1 Å². The van der Waals surface area contributed by atoms with Crippen molar-refractivity contribution in [3.05, 3.63) is 11.4 Å². The highest BCUT2D eigenvalue weighted by atomic mass is 32.2. The maximum Gasteiger partial charge on any atom is 0.0826 e. The lowest BCUT2D eigenvalue weighted by atomic mass is 9.90. The highest BCUT2D eigenvalue weighted by Crippen LogP contribution is 2.42. The Hall–Kier alpha value is -0.680. The molecule has 0 saturated carbocycles. The number of nitrogens with two attached hydrogens (primary N) is 1. The van der Waals surface area contributed by atoms with Crippen LogP contribution in [0.25, 0.3) is 0 Å². The van der Waals surface area contributed by atoms with E-state index in [0.29, 0.717) is 6.04 Å². The van der Waals surface area contributed by atoms with Crippen molar-refractivity contribution >= 4 is 17.4 Å². The second-order valence-corrected chi connectivity index (χ2v) is 6.61. The summed E-state index contributed by atoms with van der Waals surface area (Å²) >= 11 is 2.01. The molecule has 2 N–H and O–H groups in total. The quantitative estimate of drug-likeness (QED) is 0.848. The molecule has 2 aliphatic rings. The molecule has 0 bridgehead atoms. The standard InChI is InChI=1S/C13H21N3OS/c1-9-12(14)10(2)16(15-9)11-3-5-17-13(7-11)4-6-18-8-13/h11H,3-8,14H2,1-2H3.